The van der Waals surface area contributed by atoms with Gasteiger partial charge < -0.3 is 10.6 Å². The lowest BCUT2D eigenvalue weighted by Gasteiger charge is -2.31. The van der Waals surface area contributed by atoms with Crippen LogP contribution < -0.4 is 5.73 Å². The molecule has 0 unspecified atom stereocenters. The Morgan fingerprint density at radius 3 is 2.26 bits per heavy atom. The summed E-state index contributed by atoms with van der Waals surface area (Å²) in [7, 11) is 0. The molecule has 0 spiro atoms. The third kappa shape index (κ3) is 3.32. The van der Waals surface area contributed by atoms with E-state index >= 15 is 0 Å². The average molecular weight is 276 g/mol. The fraction of sp³-hybridized carbons (Fsp3) is 0.467. The van der Waals surface area contributed by atoms with Crippen LogP contribution in [0.15, 0.2) is 24.3 Å². The third-order valence-corrected chi connectivity index (χ3v) is 4.13. The van der Waals surface area contributed by atoms with Gasteiger partial charge in [0.05, 0.1) is 0 Å². The lowest BCUT2D eigenvalue weighted by molar-refractivity contribution is 0.0689. The van der Waals surface area contributed by atoms with Gasteiger partial charge in [-0.3, -0.25) is 4.79 Å². The maximum absolute atomic E-state index is 12.3. The molecule has 0 bridgehead atoms. The number of thiocarbonyl (C=S) groups is 1. The molecule has 4 heteroatoms. The molecule has 19 heavy (non-hydrogen) atoms. The van der Waals surface area contributed by atoms with Crippen LogP contribution in [0.3, 0.4) is 0 Å². The zero-order valence-corrected chi connectivity index (χ0v) is 12.1. The summed E-state index contributed by atoms with van der Waals surface area (Å²) in [5, 5.41) is 0. The van der Waals surface area contributed by atoms with E-state index < -0.39 is 0 Å². The lowest BCUT2D eigenvalue weighted by Crippen LogP contribution is -2.38. The Labute approximate surface area is 119 Å². The van der Waals surface area contributed by atoms with Crippen molar-refractivity contribution in [3.8, 4) is 0 Å². The number of nitrogens with two attached hydrogens (primary N) is 1. The van der Waals surface area contributed by atoms with Crippen molar-refractivity contribution in [1.29, 1.82) is 0 Å². The molecule has 0 atom stereocenters. The molecule has 1 aromatic rings. The van der Waals surface area contributed by atoms with Crippen molar-refractivity contribution >= 4 is 23.1 Å². The van der Waals surface area contributed by atoms with E-state index in [0.29, 0.717) is 4.99 Å². The Kier molecular flexibility index (Phi) is 4.53. The molecule has 0 radical (unpaired) electrons. The van der Waals surface area contributed by atoms with Crippen LogP contribution in [0.4, 0.5) is 0 Å². The molecule has 0 aromatic heterocycles. The summed E-state index contributed by atoms with van der Waals surface area (Å²) < 4.78 is 0. The van der Waals surface area contributed by atoms with Gasteiger partial charge in [0.2, 0.25) is 0 Å². The third-order valence-electron chi connectivity index (χ3n) is 3.90. The standard InChI is InChI=1S/C15H20N2OS/c1-2-11-7-9-17(10-8-11)15(18)13-5-3-12(4-6-13)14(16)19/h3-6,11H,2,7-10H2,1H3,(H2,16,19). The maximum atomic E-state index is 12.3. The molecule has 3 nitrogen and oxygen atoms in total. The van der Waals surface area contributed by atoms with Gasteiger partial charge in [-0.2, -0.15) is 0 Å². The summed E-state index contributed by atoms with van der Waals surface area (Å²) >= 11 is 4.90. The van der Waals surface area contributed by atoms with Gasteiger partial charge in [0.25, 0.3) is 5.91 Å². The molecule has 2 N–H and O–H groups in total. The summed E-state index contributed by atoms with van der Waals surface area (Å²) in [6.45, 7) is 3.96. The monoisotopic (exact) mass is 276 g/mol. The molecule has 1 aliphatic heterocycles. The Bertz CT molecular complexity index is 462. The lowest BCUT2D eigenvalue weighted by atomic mass is 9.94. The predicted octanol–water partition coefficient (Wildman–Crippen LogP) is 2.58. The molecule has 2 rings (SSSR count). The van der Waals surface area contributed by atoms with Crippen molar-refractivity contribution in [2.75, 3.05) is 13.1 Å². The first-order valence-corrected chi connectivity index (χ1v) is 7.21. The fourth-order valence-electron chi connectivity index (χ4n) is 2.50. The van der Waals surface area contributed by atoms with Gasteiger partial charge in [0.15, 0.2) is 0 Å². The molecular weight excluding hydrogens is 256 g/mol. The summed E-state index contributed by atoms with van der Waals surface area (Å²) in [5.74, 6) is 0.894. The van der Waals surface area contributed by atoms with Crippen LogP contribution in [-0.2, 0) is 0 Å². The second kappa shape index (κ2) is 6.15. The first-order chi connectivity index (χ1) is 9.11. The van der Waals surface area contributed by atoms with Gasteiger partial charge in [-0.1, -0.05) is 37.7 Å². The van der Waals surface area contributed by atoms with E-state index in [9.17, 15) is 4.79 Å². The Hall–Kier alpha value is -1.42. The number of piperidine rings is 1. The maximum Gasteiger partial charge on any atom is 0.253 e. The molecule has 0 saturated carbocycles. The number of carbonyl (C=O) groups is 1. The Balaban J connectivity index is 2.02. The second-order valence-electron chi connectivity index (χ2n) is 5.09. The Morgan fingerprint density at radius 2 is 1.79 bits per heavy atom. The van der Waals surface area contributed by atoms with Crippen LogP contribution in [-0.4, -0.2) is 28.9 Å². The van der Waals surface area contributed by atoms with Gasteiger partial charge in [0, 0.05) is 24.2 Å². The van der Waals surface area contributed by atoms with E-state index in [2.05, 4.69) is 6.92 Å². The van der Waals surface area contributed by atoms with Crippen LogP contribution in [0.1, 0.15) is 42.1 Å². The van der Waals surface area contributed by atoms with Gasteiger partial charge in [-0.15, -0.1) is 0 Å². The molecule has 1 aromatic carbocycles. The normalized spacial score (nSPS) is 16.4. The number of rotatable bonds is 3. The van der Waals surface area contributed by atoms with E-state index in [1.54, 1.807) is 0 Å². The SMILES string of the molecule is CCC1CCN(C(=O)c2ccc(C(N)=S)cc2)CC1. The van der Waals surface area contributed by atoms with Crippen LogP contribution in [0.2, 0.25) is 0 Å². The van der Waals surface area contributed by atoms with Crippen LogP contribution in [0.25, 0.3) is 0 Å². The molecule has 1 saturated heterocycles. The number of hydrogen-bond acceptors (Lipinski definition) is 2. The predicted molar refractivity (Wildman–Crippen MR) is 81.2 cm³/mol. The quantitative estimate of drug-likeness (QED) is 0.863. The zero-order chi connectivity index (χ0) is 13.8. The Morgan fingerprint density at radius 1 is 1.26 bits per heavy atom. The highest BCUT2D eigenvalue weighted by Gasteiger charge is 2.22. The van der Waals surface area contributed by atoms with Crippen molar-refractivity contribution in [2.45, 2.75) is 26.2 Å². The van der Waals surface area contributed by atoms with Crippen molar-refractivity contribution in [1.82, 2.24) is 4.90 Å². The number of benzene rings is 1. The molecule has 1 heterocycles. The summed E-state index contributed by atoms with van der Waals surface area (Å²) in [5.41, 5.74) is 7.07. The minimum Gasteiger partial charge on any atom is -0.389 e. The molecular formula is C15H20N2OS. The van der Waals surface area contributed by atoms with E-state index in [1.165, 1.54) is 6.42 Å². The van der Waals surface area contributed by atoms with E-state index in [-0.39, 0.29) is 5.91 Å². The highest BCUT2D eigenvalue weighted by molar-refractivity contribution is 7.80. The smallest absolute Gasteiger partial charge is 0.253 e. The van der Waals surface area contributed by atoms with Crippen LogP contribution in [0.5, 0.6) is 0 Å². The number of nitrogens with zero attached hydrogens (tertiary/aromatic N) is 1. The van der Waals surface area contributed by atoms with Gasteiger partial charge in [-0.25, -0.2) is 0 Å². The summed E-state index contributed by atoms with van der Waals surface area (Å²) in [6.07, 6.45) is 3.45. The van der Waals surface area contributed by atoms with Gasteiger partial charge in [-0.05, 0) is 30.9 Å². The summed E-state index contributed by atoms with van der Waals surface area (Å²) in [4.78, 5) is 14.6. The fourth-order valence-corrected chi connectivity index (χ4v) is 2.64. The summed E-state index contributed by atoms with van der Waals surface area (Å²) in [6, 6.07) is 7.24. The molecule has 1 fully saturated rings. The molecule has 0 aliphatic carbocycles. The van der Waals surface area contributed by atoms with Crippen molar-refractivity contribution < 1.29 is 4.79 Å². The van der Waals surface area contributed by atoms with E-state index in [1.807, 2.05) is 29.2 Å². The molecule has 1 aliphatic rings. The molecule has 1 amide bonds. The van der Waals surface area contributed by atoms with Crippen molar-refractivity contribution in [3.05, 3.63) is 35.4 Å². The average Bonchev–Trinajstić information content (AvgIpc) is 2.46. The van der Waals surface area contributed by atoms with E-state index in [0.717, 1.165) is 43.0 Å². The number of hydrogen-bond donors (Lipinski definition) is 1. The highest BCUT2D eigenvalue weighted by Crippen LogP contribution is 2.21. The first kappa shape index (κ1) is 14.0. The van der Waals surface area contributed by atoms with Gasteiger partial charge in [0.1, 0.15) is 4.99 Å². The first-order valence-electron chi connectivity index (χ1n) is 6.81. The van der Waals surface area contributed by atoms with Crippen molar-refractivity contribution in [2.24, 2.45) is 11.7 Å². The number of amides is 1. The highest BCUT2D eigenvalue weighted by atomic mass is 32.1. The second-order valence-corrected chi connectivity index (χ2v) is 5.53. The largest absolute Gasteiger partial charge is 0.389 e. The number of carbonyl (C=O) groups excluding carboxylic acids is 1. The minimum absolute atomic E-state index is 0.115. The van der Waals surface area contributed by atoms with Gasteiger partial charge >= 0.3 is 0 Å². The van der Waals surface area contributed by atoms with E-state index in [4.69, 9.17) is 18.0 Å². The number of likely N-dealkylation sites (tertiary alicyclic amines) is 1. The molecule has 102 valence electrons. The van der Waals surface area contributed by atoms with Crippen LogP contribution >= 0.6 is 12.2 Å². The van der Waals surface area contributed by atoms with Crippen molar-refractivity contribution in [3.63, 3.8) is 0 Å². The topological polar surface area (TPSA) is 46.3 Å². The van der Waals surface area contributed by atoms with Crippen LogP contribution in [0, 0.1) is 5.92 Å². The zero-order valence-electron chi connectivity index (χ0n) is 11.3. The minimum atomic E-state index is 0.115.